The Morgan fingerprint density at radius 3 is 1.62 bits per heavy atom. The molecule has 6 nitrogen and oxygen atoms in total. The van der Waals surface area contributed by atoms with E-state index in [0.29, 0.717) is 38.8 Å². The summed E-state index contributed by atoms with van der Waals surface area (Å²) in [6.07, 6.45) is 2.60. The fraction of sp³-hybridized carbons (Fsp3) is 1.00. The zero-order valence-corrected chi connectivity index (χ0v) is 10.2. The van der Waals surface area contributed by atoms with E-state index in [1.54, 1.807) is 4.90 Å². The van der Waals surface area contributed by atoms with E-state index in [1.165, 1.54) is 0 Å². The van der Waals surface area contributed by atoms with Crippen molar-refractivity contribution in [2.45, 2.75) is 25.7 Å². The first-order chi connectivity index (χ1) is 7.49. The molecule has 0 spiro atoms. The van der Waals surface area contributed by atoms with Crippen LogP contribution in [0.5, 0.6) is 0 Å². The highest BCUT2D eigenvalue weighted by Gasteiger charge is 2.12. The van der Waals surface area contributed by atoms with Crippen LogP contribution < -0.4 is 0 Å². The summed E-state index contributed by atoms with van der Waals surface area (Å²) in [6.45, 7) is 1.20. The summed E-state index contributed by atoms with van der Waals surface area (Å²) < 4.78 is 30.2. The van der Waals surface area contributed by atoms with Crippen LogP contribution in [-0.4, -0.2) is 60.3 Å². The van der Waals surface area contributed by atoms with Crippen molar-refractivity contribution < 1.29 is 23.2 Å². The molecule has 0 rings (SSSR count). The molecule has 16 heavy (non-hydrogen) atoms. The zero-order valence-electron chi connectivity index (χ0n) is 9.38. The molecular formula is C9H21NO5S. The normalized spacial score (nSPS) is 12.2. The van der Waals surface area contributed by atoms with Gasteiger partial charge in [0.1, 0.15) is 5.88 Å². The van der Waals surface area contributed by atoms with Gasteiger partial charge in [0.15, 0.2) is 0 Å². The van der Waals surface area contributed by atoms with Crippen molar-refractivity contribution in [1.82, 2.24) is 4.90 Å². The Morgan fingerprint density at radius 1 is 0.875 bits per heavy atom. The maximum absolute atomic E-state index is 10.7. The smallest absolute Gasteiger partial charge is 0.278 e. The highest BCUT2D eigenvalue weighted by molar-refractivity contribution is 7.85. The molecule has 0 atom stereocenters. The predicted octanol–water partition coefficient (Wildman–Crippen LogP) is -0.321. The molecule has 0 aromatic carbocycles. The minimum absolute atomic E-state index is 0.0797. The molecule has 0 bridgehead atoms. The standard InChI is InChI=1S/C9H21NO5S/c11-7-3-1-5-10(6-2-4-8-12)9-16(13,14)15/h11-12H,1-9H2,(H,13,14,15). The van der Waals surface area contributed by atoms with Crippen LogP contribution in [0.3, 0.4) is 0 Å². The molecule has 0 aliphatic heterocycles. The van der Waals surface area contributed by atoms with E-state index in [2.05, 4.69) is 0 Å². The van der Waals surface area contributed by atoms with Gasteiger partial charge in [-0.3, -0.25) is 9.45 Å². The van der Waals surface area contributed by atoms with Gasteiger partial charge in [-0.2, -0.15) is 8.42 Å². The molecule has 0 saturated carbocycles. The topological polar surface area (TPSA) is 98.1 Å². The van der Waals surface area contributed by atoms with Crippen molar-refractivity contribution >= 4 is 10.1 Å². The van der Waals surface area contributed by atoms with E-state index in [0.717, 1.165) is 0 Å². The Balaban J connectivity index is 3.95. The van der Waals surface area contributed by atoms with Crippen LogP contribution in [0.15, 0.2) is 0 Å². The van der Waals surface area contributed by atoms with E-state index in [9.17, 15) is 8.42 Å². The molecule has 0 aromatic rings. The van der Waals surface area contributed by atoms with Crippen LogP contribution in [0.25, 0.3) is 0 Å². The second-order valence-electron chi connectivity index (χ2n) is 3.69. The molecule has 3 N–H and O–H groups in total. The number of aliphatic hydroxyl groups excluding tert-OH is 2. The molecule has 0 aliphatic carbocycles. The lowest BCUT2D eigenvalue weighted by Gasteiger charge is -2.20. The third-order valence-electron chi connectivity index (χ3n) is 2.11. The van der Waals surface area contributed by atoms with E-state index >= 15 is 0 Å². The molecule has 0 saturated heterocycles. The van der Waals surface area contributed by atoms with Gasteiger partial charge in [-0.05, 0) is 38.8 Å². The number of unbranched alkanes of at least 4 members (excludes halogenated alkanes) is 2. The van der Waals surface area contributed by atoms with Gasteiger partial charge in [-0.1, -0.05) is 0 Å². The summed E-state index contributed by atoms with van der Waals surface area (Å²) in [5.41, 5.74) is 0. The maximum Gasteiger partial charge on any atom is 0.278 e. The van der Waals surface area contributed by atoms with Gasteiger partial charge >= 0.3 is 0 Å². The van der Waals surface area contributed by atoms with Crippen LogP contribution in [0.2, 0.25) is 0 Å². The Kier molecular flexibility index (Phi) is 8.77. The molecule has 0 unspecified atom stereocenters. The SMILES string of the molecule is O=S(=O)(O)CN(CCCCO)CCCCO. The van der Waals surface area contributed by atoms with Crippen LogP contribution in [-0.2, 0) is 10.1 Å². The summed E-state index contributed by atoms with van der Waals surface area (Å²) in [6, 6.07) is 0. The summed E-state index contributed by atoms with van der Waals surface area (Å²) >= 11 is 0. The summed E-state index contributed by atoms with van der Waals surface area (Å²) in [4.78, 5) is 1.61. The van der Waals surface area contributed by atoms with Crippen molar-refractivity contribution in [2.75, 3.05) is 32.2 Å². The summed E-state index contributed by atoms with van der Waals surface area (Å²) in [7, 11) is -4.00. The minimum atomic E-state index is -4.00. The van der Waals surface area contributed by atoms with Crippen LogP contribution in [0, 0.1) is 0 Å². The first kappa shape index (κ1) is 15.8. The van der Waals surface area contributed by atoms with Crippen LogP contribution in [0.4, 0.5) is 0 Å². The van der Waals surface area contributed by atoms with Gasteiger partial charge in [0.2, 0.25) is 0 Å². The van der Waals surface area contributed by atoms with Crippen LogP contribution in [0.1, 0.15) is 25.7 Å². The highest BCUT2D eigenvalue weighted by atomic mass is 32.2. The lowest BCUT2D eigenvalue weighted by Crippen LogP contribution is -2.31. The van der Waals surface area contributed by atoms with Crippen molar-refractivity contribution in [3.05, 3.63) is 0 Å². The Morgan fingerprint density at radius 2 is 1.31 bits per heavy atom. The van der Waals surface area contributed by atoms with Gasteiger partial charge in [0.25, 0.3) is 10.1 Å². The van der Waals surface area contributed by atoms with E-state index < -0.39 is 10.1 Å². The Hall–Kier alpha value is -0.210. The summed E-state index contributed by atoms with van der Waals surface area (Å²) in [5, 5.41) is 17.2. The lowest BCUT2D eigenvalue weighted by molar-refractivity contribution is 0.240. The monoisotopic (exact) mass is 255 g/mol. The third kappa shape index (κ3) is 10.3. The number of aliphatic hydroxyl groups is 2. The zero-order chi connectivity index (χ0) is 12.4. The quantitative estimate of drug-likeness (QED) is 0.365. The highest BCUT2D eigenvalue weighted by Crippen LogP contribution is 2.01. The molecule has 0 fully saturated rings. The first-order valence-corrected chi connectivity index (χ1v) is 6.99. The van der Waals surface area contributed by atoms with Crippen molar-refractivity contribution in [3.63, 3.8) is 0 Å². The fourth-order valence-corrected chi connectivity index (χ4v) is 2.09. The molecule has 98 valence electrons. The fourth-order valence-electron chi connectivity index (χ4n) is 1.37. The first-order valence-electron chi connectivity index (χ1n) is 5.39. The Bertz CT molecular complexity index is 245. The van der Waals surface area contributed by atoms with Crippen molar-refractivity contribution in [1.29, 1.82) is 0 Å². The Labute approximate surface area is 96.6 Å². The van der Waals surface area contributed by atoms with Gasteiger partial charge in [-0.15, -0.1) is 0 Å². The summed E-state index contributed by atoms with van der Waals surface area (Å²) in [5.74, 6) is -0.385. The average Bonchev–Trinajstić information content (AvgIpc) is 2.16. The van der Waals surface area contributed by atoms with E-state index in [4.69, 9.17) is 14.8 Å². The number of rotatable bonds is 10. The predicted molar refractivity (Wildman–Crippen MR) is 60.6 cm³/mol. The minimum Gasteiger partial charge on any atom is -0.396 e. The molecule has 0 radical (unpaired) electrons. The maximum atomic E-state index is 10.7. The molecule has 7 heteroatoms. The van der Waals surface area contributed by atoms with Gasteiger partial charge < -0.3 is 10.2 Å². The van der Waals surface area contributed by atoms with Crippen molar-refractivity contribution in [3.8, 4) is 0 Å². The molecule has 0 heterocycles. The van der Waals surface area contributed by atoms with Gasteiger partial charge in [0, 0.05) is 13.2 Å². The third-order valence-corrected chi connectivity index (χ3v) is 2.80. The van der Waals surface area contributed by atoms with E-state index in [-0.39, 0.29) is 19.1 Å². The average molecular weight is 255 g/mol. The van der Waals surface area contributed by atoms with E-state index in [1.807, 2.05) is 0 Å². The molecule has 0 aliphatic rings. The van der Waals surface area contributed by atoms with Crippen molar-refractivity contribution in [2.24, 2.45) is 0 Å². The number of hydrogen-bond acceptors (Lipinski definition) is 5. The molecule has 0 amide bonds. The second-order valence-corrected chi connectivity index (χ2v) is 5.11. The lowest BCUT2D eigenvalue weighted by atomic mass is 10.2. The van der Waals surface area contributed by atoms with Crippen LogP contribution >= 0.6 is 0 Å². The largest absolute Gasteiger partial charge is 0.396 e. The number of hydrogen-bond donors (Lipinski definition) is 3. The number of nitrogens with zero attached hydrogens (tertiary/aromatic N) is 1. The van der Waals surface area contributed by atoms with Gasteiger partial charge in [0.05, 0.1) is 0 Å². The van der Waals surface area contributed by atoms with Gasteiger partial charge in [-0.25, -0.2) is 0 Å². The molecular weight excluding hydrogens is 234 g/mol. The molecule has 0 aromatic heterocycles. The second kappa shape index (κ2) is 8.89.